The lowest BCUT2D eigenvalue weighted by atomic mass is 9.89. The fraction of sp³-hybridized carbons (Fsp3) is 0.444. The van der Waals surface area contributed by atoms with Crippen molar-refractivity contribution >= 4 is 34.6 Å². The summed E-state index contributed by atoms with van der Waals surface area (Å²) in [7, 11) is 0. The number of ketones is 1. The van der Waals surface area contributed by atoms with Gasteiger partial charge in [-0.1, -0.05) is 0 Å². The van der Waals surface area contributed by atoms with E-state index in [0.717, 1.165) is 0 Å². The summed E-state index contributed by atoms with van der Waals surface area (Å²) < 4.78 is 2.57. The monoisotopic (exact) mass is 352 g/mol. The highest BCUT2D eigenvalue weighted by Crippen LogP contribution is 2.21. The Kier molecular flexibility index (Phi) is 5.02. The number of carbonyl (C=O) groups excluding carboxylic acids is 1. The van der Waals surface area contributed by atoms with Crippen molar-refractivity contribution in [1.29, 1.82) is 0 Å². The average Bonchev–Trinajstić information content (AvgIpc) is 2.77. The molecule has 5 N–H and O–H groups in total. The molecule has 8 heteroatoms. The minimum absolute atomic E-state index is 0.356. The second-order valence-electron chi connectivity index (χ2n) is 3.60. The first-order valence-corrected chi connectivity index (χ1v) is 5.93. The largest absolute Gasteiger partial charge is 0.480 e. The number of carbonyl (C=O) groups is 2. The highest BCUT2D eigenvalue weighted by molar-refractivity contribution is 14.1. The average molecular weight is 352 g/mol. The number of aliphatic carboxylic acids is 1. The van der Waals surface area contributed by atoms with Gasteiger partial charge in [-0.05, 0) is 6.92 Å². The van der Waals surface area contributed by atoms with Crippen molar-refractivity contribution in [3.05, 3.63) is 18.2 Å². The normalized spacial score (nSPS) is 16.2. The first kappa shape index (κ1) is 14.1. The number of nitrogens with zero attached hydrogens (tertiary/aromatic N) is 1. The molecule has 1 rings (SSSR count). The molecule has 0 fully saturated rings. The molecule has 1 aromatic heterocycles. The van der Waals surface area contributed by atoms with Crippen LogP contribution < -0.4 is 9.26 Å². The first-order valence-electron chi connectivity index (χ1n) is 4.85. The van der Waals surface area contributed by atoms with E-state index >= 15 is 0 Å². The fourth-order valence-corrected chi connectivity index (χ4v) is 2.10. The van der Waals surface area contributed by atoms with E-state index in [1.165, 1.54) is 19.4 Å². The van der Waals surface area contributed by atoms with E-state index in [1.807, 2.05) is 0 Å². The van der Waals surface area contributed by atoms with Gasteiger partial charge in [-0.25, -0.2) is 8.51 Å². The molecule has 7 nitrogen and oxygen atoms in total. The molecule has 0 aliphatic heterocycles. The molecule has 17 heavy (non-hydrogen) atoms. The molecule has 0 saturated carbocycles. The lowest BCUT2D eigenvalue weighted by Crippen LogP contribution is -2.45. The molecule has 0 aromatic carbocycles. The third-order valence-electron chi connectivity index (χ3n) is 2.33. The number of carboxylic acids is 1. The van der Waals surface area contributed by atoms with Gasteiger partial charge in [0.05, 0.1) is 18.3 Å². The van der Waals surface area contributed by atoms with Crippen molar-refractivity contribution in [2.24, 2.45) is 5.73 Å². The number of imidazole rings is 1. The number of rotatable bonds is 6. The first-order chi connectivity index (χ1) is 7.99. The summed E-state index contributed by atoms with van der Waals surface area (Å²) in [6.07, 6.45) is 2.82. The molecule has 0 bridgehead atoms. The summed E-state index contributed by atoms with van der Waals surface area (Å²) in [5.41, 5.74) is 5.96. The molecule has 3 atom stereocenters. The number of hydrogen-bond acceptors (Lipinski definition) is 5. The number of aromatic amines is 1. The Labute approximate surface area is 112 Å². The number of nitrogens with one attached hydrogen (secondary N) is 2. The van der Waals surface area contributed by atoms with Crippen LogP contribution >= 0.6 is 22.9 Å². The number of H-pyrrole nitrogens is 1. The Balaban J connectivity index is 3.10. The maximum Gasteiger partial charge on any atom is 0.322 e. The molecular formula is C9H13IN4O3. The van der Waals surface area contributed by atoms with Gasteiger partial charge in [0, 0.05) is 34.8 Å². The molecule has 3 unspecified atom stereocenters. The van der Waals surface area contributed by atoms with E-state index in [4.69, 9.17) is 10.8 Å². The second-order valence-corrected chi connectivity index (χ2v) is 4.22. The van der Waals surface area contributed by atoms with Crippen LogP contribution in [-0.2, 0) is 9.59 Å². The number of carboxylic acid groups (broad SMARTS) is 1. The Morgan fingerprint density at radius 3 is 2.65 bits per heavy atom. The van der Waals surface area contributed by atoms with Gasteiger partial charge in [-0.15, -0.1) is 0 Å². The topological polar surface area (TPSA) is 121 Å². The van der Waals surface area contributed by atoms with Crippen molar-refractivity contribution in [3.63, 3.8) is 0 Å². The van der Waals surface area contributed by atoms with Crippen LogP contribution in [0.2, 0.25) is 0 Å². The van der Waals surface area contributed by atoms with Crippen molar-refractivity contribution in [3.8, 4) is 0 Å². The molecule has 1 aromatic rings. The molecule has 1 heterocycles. The SMILES string of the molecule is CC(N)C(=O)C(c1cnc[nH]1)C(NI)C(=O)O. The van der Waals surface area contributed by atoms with Crippen molar-refractivity contribution in [2.45, 2.75) is 24.9 Å². The van der Waals surface area contributed by atoms with Crippen molar-refractivity contribution in [2.75, 3.05) is 0 Å². The van der Waals surface area contributed by atoms with Gasteiger partial charge in [-0.3, -0.25) is 9.59 Å². The van der Waals surface area contributed by atoms with Crippen LogP contribution in [0.4, 0.5) is 0 Å². The quantitative estimate of drug-likeness (QED) is 0.416. The molecular weight excluding hydrogens is 339 g/mol. The Morgan fingerprint density at radius 2 is 2.29 bits per heavy atom. The van der Waals surface area contributed by atoms with Crippen molar-refractivity contribution in [1.82, 2.24) is 13.5 Å². The Hall–Kier alpha value is -1.00. The van der Waals surface area contributed by atoms with Crippen LogP contribution in [0.5, 0.6) is 0 Å². The van der Waals surface area contributed by atoms with Crippen molar-refractivity contribution < 1.29 is 14.7 Å². The lowest BCUT2D eigenvalue weighted by Gasteiger charge is -2.22. The third kappa shape index (κ3) is 3.23. The molecule has 0 aliphatic rings. The van der Waals surface area contributed by atoms with Gasteiger partial charge in [0.1, 0.15) is 6.04 Å². The molecule has 0 spiro atoms. The van der Waals surface area contributed by atoms with E-state index in [2.05, 4.69) is 13.5 Å². The number of nitrogens with two attached hydrogens (primary N) is 1. The van der Waals surface area contributed by atoms with E-state index in [0.29, 0.717) is 5.69 Å². The predicted octanol–water partition coefficient (Wildman–Crippen LogP) is -0.198. The van der Waals surface area contributed by atoms with Crippen LogP contribution in [0.3, 0.4) is 0 Å². The number of hydrogen-bond donors (Lipinski definition) is 4. The summed E-state index contributed by atoms with van der Waals surface area (Å²) in [5.74, 6) is -2.36. The maximum absolute atomic E-state index is 12.0. The van der Waals surface area contributed by atoms with Gasteiger partial charge >= 0.3 is 5.97 Å². The minimum atomic E-state index is -1.12. The smallest absolute Gasteiger partial charge is 0.322 e. The van der Waals surface area contributed by atoms with E-state index in [-0.39, 0.29) is 5.78 Å². The van der Waals surface area contributed by atoms with Crippen LogP contribution in [0.1, 0.15) is 18.5 Å². The minimum Gasteiger partial charge on any atom is -0.480 e. The van der Waals surface area contributed by atoms with E-state index < -0.39 is 24.0 Å². The summed E-state index contributed by atoms with van der Waals surface area (Å²) >= 11 is 1.70. The highest BCUT2D eigenvalue weighted by atomic mass is 127. The zero-order valence-electron chi connectivity index (χ0n) is 9.05. The Bertz CT molecular complexity index is 393. The third-order valence-corrected chi connectivity index (χ3v) is 3.00. The Morgan fingerprint density at radius 1 is 1.65 bits per heavy atom. The molecule has 0 aliphatic carbocycles. The molecule has 0 saturated heterocycles. The van der Waals surface area contributed by atoms with Crippen LogP contribution in [-0.4, -0.2) is 38.9 Å². The summed E-state index contributed by atoms with van der Waals surface area (Å²) in [5, 5.41) is 9.08. The van der Waals surface area contributed by atoms with Gasteiger partial charge in [0.2, 0.25) is 0 Å². The maximum atomic E-state index is 12.0. The number of aromatic nitrogens is 2. The van der Waals surface area contributed by atoms with E-state index in [9.17, 15) is 9.59 Å². The standard InChI is InChI=1S/C9H13IN4O3/c1-4(11)8(15)6(5-2-12-3-13-5)7(14-10)9(16)17/h2-4,6-7,14H,11H2,1H3,(H,12,13)(H,16,17). The zero-order valence-corrected chi connectivity index (χ0v) is 11.2. The predicted molar refractivity (Wildman–Crippen MR) is 68.6 cm³/mol. The molecule has 94 valence electrons. The molecule has 0 radical (unpaired) electrons. The van der Waals surface area contributed by atoms with Crippen LogP contribution in [0, 0.1) is 0 Å². The van der Waals surface area contributed by atoms with E-state index in [1.54, 1.807) is 22.9 Å². The summed E-state index contributed by atoms with van der Waals surface area (Å²) in [4.78, 5) is 29.6. The zero-order chi connectivity index (χ0) is 13.0. The number of halogens is 1. The lowest BCUT2D eigenvalue weighted by molar-refractivity contribution is -0.141. The highest BCUT2D eigenvalue weighted by Gasteiger charge is 2.36. The van der Waals surface area contributed by atoms with Gasteiger partial charge in [-0.2, -0.15) is 0 Å². The van der Waals surface area contributed by atoms with Gasteiger partial charge in [0.25, 0.3) is 0 Å². The van der Waals surface area contributed by atoms with Gasteiger partial charge in [0.15, 0.2) is 5.78 Å². The number of Topliss-reactive ketones (excluding diaryl/α,β-unsaturated/α-hetero) is 1. The van der Waals surface area contributed by atoms with Gasteiger partial charge < -0.3 is 15.8 Å². The summed E-state index contributed by atoms with van der Waals surface area (Å²) in [6, 6.07) is -1.79. The molecule has 0 amide bonds. The fourth-order valence-electron chi connectivity index (χ4n) is 1.47. The van der Waals surface area contributed by atoms with Crippen LogP contribution in [0.15, 0.2) is 12.5 Å². The summed E-state index contributed by atoms with van der Waals surface area (Å²) in [6.45, 7) is 1.53. The second kappa shape index (κ2) is 6.07. The van der Waals surface area contributed by atoms with Crippen LogP contribution in [0.25, 0.3) is 0 Å².